The summed E-state index contributed by atoms with van der Waals surface area (Å²) in [6.07, 6.45) is -3.97. The van der Waals surface area contributed by atoms with Crippen LogP contribution in [-0.2, 0) is 11.0 Å². The summed E-state index contributed by atoms with van der Waals surface area (Å²) in [5.74, 6) is 0.802. The van der Waals surface area contributed by atoms with E-state index in [1.807, 2.05) is 50.2 Å². The van der Waals surface area contributed by atoms with Crippen LogP contribution < -0.4 is 20.1 Å². The number of Topliss-reactive ketones (excluding diaryl/α,β-unsaturated/α-hetero) is 1. The standard InChI is InChI=1S/C30H29F3N2O3/c1-17(2)38-26-13-12-18(16-27(26)37-3)19-14-24-28(25(36)15-19)29(35-23-11-7-6-10-22(23)34-24)20-8-4-5-9-21(20)30(31,32)33/h4-13,16-17,19,29,34-35H,14-15H2,1-3H3. The van der Waals surface area contributed by atoms with Crippen molar-refractivity contribution in [2.75, 3.05) is 17.7 Å². The number of hydrogen-bond acceptors (Lipinski definition) is 5. The maximum absolute atomic E-state index is 14.0. The molecule has 38 heavy (non-hydrogen) atoms. The minimum Gasteiger partial charge on any atom is -0.493 e. The third-order valence-corrected chi connectivity index (χ3v) is 6.91. The summed E-state index contributed by atoms with van der Waals surface area (Å²) in [5, 5.41) is 6.61. The van der Waals surface area contributed by atoms with Crippen LogP contribution in [0.2, 0.25) is 0 Å². The van der Waals surface area contributed by atoms with Crippen LogP contribution in [0, 0.1) is 0 Å². The van der Waals surface area contributed by atoms with Crippen molar-refractivity contribution in [2.45, 2.75) is 50.9 Å². The summed E-state index contributed by atoms with van der Waals surface area (Å²) in [4.78, 5) is 13.8. The van der Waals surface area contributed by atoms with Crippen LogP contribution in [0.4, 0.5) is 24.5 Å². The molecule has 0 spiro atoms. The number of carbonyl (C=O) groups is 1. The van der Waals surface area contributed by atoms with Crippen molar-refractivity contribution < 1.29 is 27.4 Å². The predicted octanol–water partition coefficient (Wildman–Crippen LogP) is 7.48. The first kappa shape index (κ1) is 25.7. The third-order valence-electron chi connectivity index (χ3n) is 6.91. The van der Waals surface area contributed by atoms with Gasteiger partial charge < -0.3 is 20.1 Å². The van der Waals surface area contributed by atoms with Crippen molar-refractivity contribution >= 4 is 17.2 Å². The lowest BCUT2D eigenvalue weighted by Crippen LogP contribution is -2.28. The van der Waals surface area contributed by atoms with E-state index < -0.39 is 17.8 Å². The highest BCUT2D eigenvalue weighted by molar-refractivity contribution is 6.01. The molecule has 5 nitrogen and oxygen atoms in total. The quantitative estimate of drug-likeness (QED) is 0.364. The molecule has 0 amide bonds. The number of ketones is 1. The molecular formula is C30H29F3N2O3. The molecule has 0 saturated carbocycles. The molecule has 0 saturated heterocycles. The van der Waals surface area contributed by atoms with Crippen molar-refractivity contribution in [3.05, 3.63) is 94.7 Å². The molecule has 198 valence electrons. The molecule has 1 aliphatic heterocycles. The summed E-state index contributed by atoms with van der Waals surface area (Å²) >= 11 is 0. The van der Waals surface area contributed by atoms with Crippen LogP contribution in [0.1, 0.15) is 55.3 Å². The van der Waals surface area contributed by atoms with E-state index in [9.17, 15) is 18.0 Å². The normalized spacial score (nSPS) is 19.2. The molecule has 3 aromatic carbocycles. The number of allylic oxidation sites excluding steroid dienone is 1. The van der Waals surface area contributed by atoms with Crippen LogP contribution in [0.15, 0.2) is 78.0 Å². The smallest absolute Gasteiger partial charge is 0.416 e. The molecule has 0 fully saturated rings. The molecule has 2 atom stereocenters. The van der Waals surface area contributed by atoms with Gasteiger partial charge in [0.15, 0.2) is 17.3 Å². The van der Waals surface area contributed by atoms with Crippen LogP contribution >= 0.6 is 0 Å². The predicted molar refractivity (Wildman–Crippen MR) is 141 cm³/mol. The maximum atomic E-state index is 14.0. The van der Waals surface area contributed by atoms with Crippen molar-refractivity contribution in [1.29, 1.82) is 0 Å². The highest BCUT2D eigenvalue weighted by Gasteiger charge is 2.41. The molecule has 8 heteroatoms. The Balaban J connectivity index is 1.59. The lowest BCUT2D eigenvalue weighted by atomic mass is 9.78. The van der Waals surface area contributed by atoms with E-state index >= 15 is 0 Å². The van der Waals surface area contributed by atoms with Crippen molar-refractivity contribution in [3.63, 3.8) is 0 Å². The molecule has 0 radical (unpaired) electrons. The van der Waals surface area contributed by atoms with E-state index in [4.69, 9.17) is 9.47 Å². The average Bonchev–Trinajstić information content (AvgIpc) is 3.05. The zero-order valence-electron chi connectivity index (χ0n) is 21.4. The van der Waals surface area contributed by atoms with Gasteiger partial charge in [-0.1, -0.05) is 36.4 Å². The number of alkyl halides is 3. The van der Waals surface area contributed by atoms with Gasteiger partial charge in [-0.2, -0.15) is 13.2 Å². The molecule has 3 aromatic rings. The SMILES string of the molecule is COc1cc(C2CC(=O)C3=C(C2)Nc2ccccc2NC3c2ccccc2C(F)(F)F)ccc1OC(C)C. The number of para-hydroxylation sites is 2. The molecule has 2 aliphatic rings. The Kier molecular flexibility index (Phi) is 6.82. The lowest BCUT2D eigenvalue weighted by Gasteiger charge is -2.31. The Morgan fingerprint density at radius 2 is 1.63 bits per heavy atom. The second-order valence-electron chi connectivity index (χ2n) is 9.83. The molecule has 1 heterocycles. The van der Waals surface area contributed by atoms with Gasteiger partial charge in [0.2, 0.25) is 0 Å². The van der Waals surface area contributed by atoms with E-state index in [0.717, 1.165) is 11.6 Å². The van der Waals surface area contributed by atoms with E-state index in [-0.39, 0.29) is 29.8 Å². The molecule has 0 aromatic heterocycles. The summed E-state index contributed by atoms with van der Waals surface area (Å²) in [5.41, 5.74) is 2.45. The summed E-state index contributed by atoms with van der Waals surface area (Å²) in [6, 6.07) is 17.4. The number of carbonyl (C=O) groups excluding carboxylic acids is 1. The summed E-state index contributed by atoms with van der Waals surface area (Å²) in [6.45, 7) is 3.86. The van der Waals surface area contributed by atoms with Gasteiger partial charge >= 0.3 is 6.18 Å². The van der Waals surface area contributed by atoms with Gasteiger partial charge in [0, 0.05) is 17.7 Å². The minimum absolute atomic E-state index is 0.0228. The number of nitrogens with one attached hydrogen (secondary N) is 2. The molecular weight excluding hydrogens is 493 g/mol. The summed E-state index contributed by atoms with van der Waals surface area (Å²) < 4.78 is 53.4. The van der Waals surface area contributed by atoms with Gasteiger partial charge in [-0.25, -0.2) is 0 Å². The first-order valence-corrected chi connectivity index (χ1v) is 12.5. The summed E-state index contributed by atoms with van der Waals surface area (Å²) in [7, 11) is 1.57. The Bertz CT molecular complexity index is 1400. The van der Waals surface area contributed by atoms with E-state index in [1.54, 1.807) is 19.2 Å². The zero-order valence-corrected chi connectivity index (χ0v) is 21.4. The van der Waals surface area contributed by atoms with Crippen LogP contribution in [0.25, 0.3) is 0 Å². The molecule has 1 aliphatic carbocycles. The fourth-order valence-corrected chi connectivity index (χ4v) is 5.26. The maximum Gasteiger partial charge on any atom is 0.416 e. The Morgan fingerprint density at radius 1 is 0.921 bits per heavy atom. The molecule has 0 bridgehead atoms. The Labute approximate surface area is 219 Å². The van der Waals surface area contributed by atoms with Crippen LogP contribution in [-0.4, -0.2) is 19.0 Å². The van der Waals surface area contributed by atoms with Crippen LogP contribution in [0.3, 0.4) is 0 Å². The second kappa shape index (κ2) is 10.1. The Morgan fingerprint density at radius 3 is 2.34 bits per heavy atom. The fourth-order valence-electron chi connectivity index (χ4n) is 5.26. The topological polar surface area (TPSA) is 59.6 Å². The third kappa shape index (κ3) is 4.95. The highest BCUT2D eigenvalue weighted by Crippen LogP contribution is 2.47. The second-order valence-corrected chi connectivity index (χ2v) is 9.83. The van der Waals surface area contributed by atoms with Gasteiger partial charge in [0.05, 0.1) is 36.2 Å². The van der Waals surface area contributed by atoms with Crippen molar-refractivity contribution in [2.24, 2.45) is 0 Å². The molecule has 5 rings (SSSR count). The molecule has 2 unspecified atom stereocenters. The van der Waals surface area contributed by atoms with Gasteiger partial charge in [0.25, 0.3) is 0 Å². The van der Waals surface area contributed by atoms with E-state index in [1.165, 1.54) is 12.1 Å². The number of benzene rings is 3. The van der Waals surface area contributed by atoms with Crippen molar-refractivity contribution in [3.8, 4) is 11.5 Å². The van der Waals surface area contributed by atoms with Gasteiger partial charge in [-0.15, -0.1) is 0 Å². The van der Waals surface area contributed by atoms with Crippen LogP contribution in [0.5, 0.6) is 11.5 Å². The fraction of sp³-hybridized carbons (Fsp3) is 0.300. The van der Waals surface area contributed by atoms with E-state index in [0.29, 0.717) is 40.6 Å². The van der Waals surface area contributed by atoms with Gasteiger partial charge in [-0.3, -0.25) is 4.79 Å². The number of hydrogen-bond donors (Lipinski definition) is 2. The zero-order chi connectivity index (χ0) is 27.0. The van der Waals surface area contributed by atoms with Gasteiger partial charge in [-0.05, 0) is 67.6 Å². The number of fused-ring (bicyclic) bond motifs is 1. The number of methoxy groups -OCH3 is 1. The monoisotopic (exact) mass is 522 g/mol. The van der Waals surface area contributed by atoms with E-state index in [2.05, 4.69) is 10.6 Å². The lowest BCUT2D eigenvalue weighted by molar-refractivity contribution is -0.138. The minimum atomic E-state index is -4.56. The number of anilines is 2. The average molecular weight is 523 g/mol. The number of rotatable bonds is 5. The first-order valence-electron chi connectivity index (χ1n) is 12.5. The highest BCUT2D eigenvalue weighted by atomic mass is 19.4. The van der Waals surface area contributed by atoms with Crippen molar-refractivity contribution in [1.82, 2.24) is 0 Å². The Hall–Kier alpha value is -3.94. The molecule has 2 N–H and O–H groups in total. The number of ether oxygens (including phenoxy) is 2. The van der Waals surface area contributed by atoms with Gasteiger partial charge in [0.1, 0.15) is 0 Å². The number of halogens is 3. The first-order chi connectivity index (χ1) is 18.2. The largest absolute Gasteiger partial charge is 0.493 e.